The Balaban J connectivity index is 2.29. The number of thiophene rings is 1. The summed E-state index contributed by atoms with van der Waals surface area (Å²) in [4.78, 5) is 2.92. The van der Waals surface area contributed by atoms with Gasteiger partial charge in [-0.1, -0.05) is 0 Å². The first kappa shape index (κ1) is 9.69. The van der Waals surface area contributed by atoms with E-state index in [9.17, 15) is 0 Å². The number of halogens is 1. The van der Waals surface area contributed by atoms with E-state index in [1.54, 1.807) is 0 Å². The fraction of sp³-hybridized carbons (Fsp3) is 0.600. The topological polar surface area (TPSA) is 26.0 Å². The van der Waals surface area contributed by atoms with Gasteiger partial charge in [0.2, 0.25) is 0 Å². The van der Waals surface area contributed by atoms with Crippen LogP contribution < -0.4 is 5.73 Å². The zero-order valence-electron chi connectivity index (χ0n) is 7.77. The van der Waals surface area contributed by atoms with E-state index in [1.807, 2.05) is 11.3 Å². The predicted octanol–water partition coefficient (Wildman–Crippen LogP) is 3.20. The van der Waals surface area contributed by atoms with E-state index in [2.05, 4.69) is 28.9 Å². The fourth-order valence-corrected chi connectivity index (χ4v) is 4.20. The summed E-state index contributed by atoms with van der Waals surface area (Å²) >= 11 is 5.55. The summed E-state index contributed by atoms with van der Waals surface area (Å²) < 4.78 is 1.29. The van der Waals surface area contributed by atoms with E-state index in [1.165, 1.54) is 27.1 Å². The maximum Gasteiger partial charge on any atom is 0.0322 e. The highest BCUT2D eigenvalue weighted by molar-refractivity contribution is 9.10. The second kappa shape index (κ2) is 3.37. The van der Waals surface area contributed by atoms with Gasteiger partial charge < -0.3 is 5.73 Å². The number of nitrogens with two attached hydrogens (primary N) is 1. The summed E-state index contributed by atoms with van der Waals surface area (Å²) in [6.07, 6.45) is 3.79. The van der Waals surface area contributed by atoms with Gasteiger partial charge in [0.05, 0.1) is 0 Å². The average Bonchev–Trinajstić information content (AvgIpc) is 2.74. The molecular formula is C10H14BrNS. The van der Waals surface area contributed by atoms with Crippen molar-refractivity contribution in [3.8, 4) is 0 Å². The molecule has 1 aliphatic carbocycles. The molecule has 0 atom stereocenters. The van der Waals surface area contributed by atoms with E-state index in [4.69, 9.17) is 5.73 Å². The van der Waals surface area contributed by atoms with Crippen molar-refractivity contribution in [2.75, 3.05) is 6.54 Å². The van der Waals surface area contributed by atoms with Crippen LogP contribution in [0.3, 0.4) is 0 Å². The Labute approximate surface area is 91.5 Å². The average molecular weight is 260 g/mol. The third-order valence-corrected chi connectivity index (χ3v) is 4.95. The first-order valence-corrected chi connectivity index (χ1v) is 6.25. The molecule has 3 heteroatoms. The van der Waals surface area contributed by atoms with E-state index in [-0.39, 0.29) is 0 Å². The van der Waals surface area contributed by atoms with Crippen LogP contribution in [0.1, 0.15) is 29.0 Å². The molecule has 0 aliphatic heterocycles. The second-order valence-electron chi connectivity index (χ2n) is 3.85. The molecule has 1 saturated carbocycles. The number of rotatable bonds is 3. The van der Waals surface area contributed by atoms with Gasteiger partial charge in [0.1, 0.15) is 0 Å². The smallest absolute Gasteiger partial charge is 0.0322 e. The van der Waals surface area contributed by atoms with Crippen LogP contribution in [0.25, 0.3) is 0 Å². The van der Waals surface area contributed by atoms with Crippen molar-refractivity contribution < 1.29 is 0 Å². The molecule has 0 unspecified atom stereocenters. The van der Waals surface area contributed by atoms with Gasteiger partial charge in [-0.3, -0.25) is 0 Å². The maximum absolute atomic E-state index is 5.64. The third-order valence-electron chi connectivity index (χ3n) is 2.77. The maximum atomic E-state index is 5.64. The summed E-state index contributed by atoms with van der Waals surface area (Å²) in [5.74, 6) is 0. The van der Waals surface area contributed by atoms with Crippen LogP contribution in [0.4, 0.5) is 0 Å². The molecule has 0 aromatic carbocycles. The summed E-state index contributed by atoms with van der Waals surface area (Å²) in [5, 5.41) is 0. The molecular weight excluding hydrogens is 246 g/mol. The monoisotopic (exact) mass is 259 g/mol. The van der Waals surface area contributed by atoms with E-state index in [0.29, 0.717) is 5.41 Å². The van der Waals surface area contributed by atoms with Crippen LogP contribution in [-0.2, 0) is 5.41 Å². The summed E-state index contributed by atoms with van der Waals surface area (Å²) in [5.41, 5.74) is 6.09. The second-order valence-corrected chi connectivity index (χ2v) is 5.96. The Bertz CT molecular complexity index is 315. The van der Waals surface area contributed by atoms with Crippen LogP contribution in [0.2, 0.25) is 0 Å². The van der Waals surface area contributed by atoms with Gasteiger partial charge in [-0.25, -0.2) is 0 Å². The van der Waals surface area contributed by atoms with Crippen molar-refractivity contribution >= 4 is 27.3 Å². The molecule has 1 aromatic rings. The molecule has 2 rings (SSSR count). The van der Waals surface area contributed by atoms with Crippen molar-refractivity contribution in [3.05, 3.63) is 20.3 Å². The highest BCUT2D eigenvalue weighted by Crippen LogP contribution is 2.55. The van der Waals surface area contributed by atoms with Gasteiger partial charge in [0, 0.05) is 19.6 Å². The van der Waals surface area contributed by atoms with Gasteiger partial charge in [0.25, 0.3) is 0 Å². The third kappa shape index (κ3) is 1.69. The standard InChI is InChI=1S/C10H14BrNS/c1-7-6-8(11)9(13-7)10(2-3-10)4-5-12/h6H,2-5,12H2,1H3. The van der Waals surface area contributed by atoms with Crippen molar-refractivity contribution in [1.29, 1.82) is 0 Å². The molecule has 13 heavy (non-hydrogen) atoms. The van der Waals surface area contributed by atoms with E-state index in [0.717, 1.165) is 13.0 Å². The molecule has 1 fully saturated rings. The van der Waals surface area contributed by atoms with Gasteiger partial charge in [-0.15, -0.1) is 11.3 Å². The lowest BCUT2D eigenvalue weighted by Crippen LogP contribution is -2.12. The Morgan fingerprint density at radius 1 is 1.62 bits per heavy atom. The molecule has 1 aliphatic rings. The Morgan fingerprint density at radius 3 is 2.69 bits per heavy atom. The molecule has 0 amide bonds. The van der Waals surface area contributed by atoms with Crippen LogP contribution in [0, 0.1) is 6.92 Å². The van der Waals surface area contributed by atoms with Gasteiger partial charge >= 0.3 is 0 Å². The zero-order valence-corrected chi connectivity index (χ0v) is 10.2. The van der Waals surface area contributed by atoms with Gasteiger partial charge in [-0.05, 0) is 54.7 Å². The molecule has 1 nitrogen and oxygen atoms in total. The lowest BCUT2D eigenvalue weighted by atomic mass is 10.0. The van der Waals surface area contributed by atoms with Crippen molar-refractivity contribution in [1.82, 2.24) is 0 Å². The summed E-state index contributed by atoms with van der Waals surface area (Å²) in [7, 11) is 0. The first-order valence-electron chi connectivity index (χ1n) is 4.64. The van der Waals surface area contributed by atoms with Crippen LogP contribution in [0.15, 0.2) is 10.5 Å². The minimum Gasteiger partial charge on any atom is -0.330 e. The molecule has 0 saturated heterocycles. The SMILES string of the molecule is Cc1cc(Br)c(C2(CCN)CC2)s1. The summed E-state index contributed by atoms with van der Waals surface area (Å²) in [6, 6.07) is 2.22. The van der Waals surface area contributed by atoms with Crippen LogP contribution >= 0.6 is 27.3 Å². The lowest BCUT2D eigenvalue weighted by Gasteiger charge is -2.11. The number of aryl methyl sites for hydroxylation is 1. The predicted molar refractivity (Wildman–Crippen MR) is 61.3 cm³/mol. The highest BCUT2D eigenvalue weighted by Gasteiger charge is 2.45. The van der Waals surface area contributed by atoms with Crippen molar-refractivity contribution in [2.24, 2.45) is 5.73 Å². The van der Waals surface area contributed by atoms with E-state index >= 15 is 0 Å². The highest BCUT2D eigenvalue weighted by atomic mass is 79.9. The Morgan fingerprint density at radius 2 is 2.31 bits per heavy atom. The van der Waals surface area contributed by atoms with Crippen molar-refractivity contribution in [2.45, 2.75) is 31.6 Å². The van der Waals surface area contributed by atoms with Crippen LogP contribution in [0.5, 0.6) is 0 Å². The fourth-order valence-electron chi connectivity index (χ4n) is 1.86. The summed E-state index contributed by atoms with van der Waals surface area (Å²) in [6.45, 7) is 2.97. The first-order chi connectivity index (χ1) is 6.18. The normalized spacial score (nSPS) is 19.0. The minimum absolute atomic E-state index is 0.451. The Hall–Kier alpha value is 0.140. The Kier molecular flexibility index (Phi) is 2.51. The lowest BCUT2D eigenvalue weighted by molar-refractivity contribution is 0.638. The largest absolute Gasteiger partial charge is 0.330 e. The van der Waals surface area contributed by atoms with Crippen molar-refractivity contribution in [3.63, 3.8) is 0 Å². The molecule has 0 bridgehead atoms. The quantitative estimate of drug-likeness (QED) is 0.887. The molecule has 0 spiro atoms. The van der Waals surface area contributed by atoms with Gasteiger partial charge in [0.15, 0.2) is 0 Å². The molecule has 72 valence electrons. The number of hydrogen-bond donors (Lipinski definition) is 1. The number of hydrogen-bond acceptors (Lipinski definition) is 2. The molecule has 0 radical (unpaired) electrons. The van der Waals surface area contributed by atoms with Crippen LogP contribution in [-0.4, -0.2) is 6.54 Å². The van der Waals surface area contributed by atoms with Gasteiger partial charge in [-0.2, -0.15) is 0 Å². The zero-order chi connectivity index (χ0) is 9.47. The van der Waals surface area contributed by atoms with E-state index < -0.39 is 0 Å². The molecule has 1 heterocycles. The minimum atomic E-state index is 0.451. The molecule has 2 N–H and O–H groups in total. The molecule has 1 aromatic heterocycles.